The largest absolute Gasteiger partial charge is 0.466 e. The lowest BCUT2D eigenvalue weighted by Crippen LogP contribution is -2.51. The van der Waals surface area contributed by atoms with Crippen LogP contribution in [0.1, 0.15) is 33.1 Å². The van der Waals surface area contributed by atoms with Crippen LogP contribution in [0.5, 0.6) is 0 Å². The zero-order valence-electron chi connectivity index (χ0n) is 10.3. The fourth-order valence-electron chi connectivity index (χ4n) is 2.55. The van der Waals surface area contributed by atoms with Crippen molar-refractivity contribution in [2.45, 2.75) is 33.1 Å². The summed E-state index contributed by atoms with van der Waals surface area (Å²) in [6, 6.07) is 0. The van der Waals surface area contributed by atoms with Crippen molar-refractivity contribution in [2.24, 2.45) is 5.92 Å². The SMILES string of the molecule is CCOC(=O)CC[N+]1(C)CCCC(C)C1. The van der Waals surface area contributed by atoms with Crippen molar-refractivity contribution >= 4 is 5.97 Å². The quantitative estimate of drug-likeness (QED) is 0.527. The molecule has 1 rings (SSSR count). The molecule has 15 heavy (non-hydrogen) atoms. The number of ether oxygens (including phenoxy) is 1. The van der Waals surface area contributed by atoms with Gasteiger partial charge in [-0.05, 0) is 19.8 Å². The van der Waals surface area contributed by atoms with Crippen LogP contribution < -0.4 is 0 Å². The molecular weight excluding hydrogens is 190 g/mol. The van der Waals surface area contributed by atoms with Crippen LogP contribution in [0.2, 0.25) is 0 Å². The summed E-state index contributed by atoms with van der Waals surface area (Å²) in [6.45, 7) is 8.02. The van der Waals surface area contributed by atoms with Gasteiger partial charge in [-0.2, -0.15) is 0 Å². The normalized spacial score (nSPS) is 31.3. The average molecular weight is 214 g/mol. The summed E-state index contributed by atoms with van der Waals surface area (Å²) in [5.74, 6) is 0.751. The molecular formula is C12H24NO2+. The summed E-state index contributed by atoms with van der Waals surface area (Å²) in [5.41, 5.74) is 0. The Kier molecular flexibility index (Phi) is 4.58. The summed E-state index contributed by atoms with van der Waals surface area (Å²) < 4.78 is 6.00. The molecule has 1 heterocycles. The van der Waals surface area contributed by atoms with Gasteiger partial charge in [-0.15, -0.1) is 0 Å². The van der Waals surface area contributed by atoms with Gasteiger partial charge in [0.15, 0.2) is 0 Å². The van der Waals surface area contributed by atoms with Crippen LogP contribution >= 0.6 is 0 Å². The smallest absolute Gasteiger partial charge is 0.311 e. The van der Waals surface area contributed by atoms with E-state index in [1.165, 1.54) is 25.9 Å². The van der Waals surface area contributed by atoms with Gasteiger partial charge in [0.2, 0.25) is 0 Å². The number of piperidine rings is 1. The maximum atomic E-state index is 11.3. The minimum absolute atomic E-state index is 0.0462. The lowest BCUT2D eigenvalue weighted by Gasteiger charge is -2.40. The van der Waals surface area contributed by atoms with Crippen LogP contribution in [0.4, 0.5) is 0 Å². The summed E-state index contributed by atoms with van der Waals surface area (Å²) in [7, 11) is 2.26. The summed E-state index contributed by atoms with van der Waals surface area (Å²) in [6.07, 6.45) is 3.20. The van der Waals surface area contributed by atoms with E-state index >= 15 is 0 Å². The molecule has 0 amide bonds. The Labute approximate surface area is 93.0 Å². The van der Waals surface area contributed by atoms with Crippen LogP contribution in [-0.2, 0) is 9.53 Å². The molecule has 3 heteroatoms. The Balaban J connectivity index is 2.32. The molecule has 3 nitrogen and oxygen atoms in total. The molecule has 0 aromatic rings. The molecule has 0 saturated carbocycles. The highest BCUT2D eigenvalue weighted by Gasteiger charge is 2.29. The van der Waals surface area contributed by atoms with Crippen molar-refractivity contribution < 1.29 is 14.0 Å². The standard InChI is InChI=1S/C12H24NO2/c1-4-15-12(14)7-9-13(3)8-5-6-11(2)10-13/h11H,4-10H2,1-3H3/q+1. The predicted molar refractivity (Wildman–Crippen MR) is 60.4 cm³/mol. The van der Waals surface area contributed by atoms with Crippen LogP contribution in [0.25, 0.3) is 0 Å². The zero-order chi connectivity index (χ0) is 11.3. The first-order valence-corrected chi connectivity index (χ1v) is 6.05. The third kappa shape index (κ3) is 4.20. The lowest BCUT2D eigenvalue weighted by molar-refractivity contribution is -0.916. The third-order valence-electron chi connectivity index (χ3n) is 3.31. The van der Waals surface area contributed by atoms with Crippen LogP contribution in [0.15, 0.2) is 0 Å². The highest BCUT2D eigenvalue weighted by Crippen LogP contribution is 2.21. The lowest BCUT2D eigenvalue weighted by atomic mass is 9.98. The molecule has 1 aliphatic rings. The molecule has 0 N–H and O–H groups in total. The number of carbonyl (C=O) groups excluding carboxylic acids is 1. The molecule has 0 aromatic carbocycles. The minimum Gasteiger partial charge on any atom is -0.466 e. The summed E-state index contributed by atoms with van der Waals surface area (Å²) >= 11 is 0. The van der Waals surface area contributed by atoms with Gasteiger partial charge in [-0.25, -0.2) is 0 Å². The van der Waals surface area contributed by atoms with Crippen LogP contribution in [0, 0.1) is 5.92 Å². The second-order valence-electron chi connectivity index (χ2n) is 5.05. The maximum Gasteiger partial charge on any atom is 0.311 e. The van der Waals surface area contributed by atoms with E-state index in [-0.39, 0.29) is 5.97 Å². The predicted octanol–water partition coefficient (Wildman–Crippen LogP) is 1.82. The Morgan fingerprint density at radius 1 is 1.53 bits per heavy atom. The summed E-state index contributed by atoms with van der Waals surface area (Å²) in [5, 5.41) is 0. The Morgan fingerprint density at radius 3 is 2.87 bits per heavy atom. The average Bonchev–Trinajstić information content (AvgIpc) is 2.15. The fourth-order valence-corrected chi connectivity index (χ4v) is 2.55. The number of nitrogens with zero attached hydrogens (tertiary/aromatic N) is 1. The molecule has 0 spiro atoms. The van der Waals surface area contributed by atoms with Crippen molar-refractivity contribution in [1.29, 1.82) is 0 Å². The first kappa shape index (κ1) is 12.5. The highest BCUT2D eigenvalue weighted by molar-refractivity contribution is 5.69. The van der Waals surface area contributed by atoms with E-state index in [4.69, 9.17) is 4.74 Å². The molecule has 1 saturated heterocycles. The molecule has 1 fully saturated rings. The van der Waals surface area contributed by atoms with Gasteiger partial charge in [0.1, 0.15) is 0 Å². The molecule has 2 atom stereocenters. The molecule has 0 aliphatic carbocycles. The van der Waals surface area contributed by atoms with Gasteiger partial charge in [0.25, 0.3) is 0 Å². The molecule has 0 bridgehead atoms. The van der Waals surface area contributed by atoms with Gasteiger partial charge in [0, 0.05) is 5.92 Å². The van der Waals surface area contributed by atoms with E-state index in [2.05, 4.69) is 14.0 Å². The number of hydrogen-bond donors (Lipinski definition) is 0. The molecule has 88 valence electrons. The first-order chi connectivity index (χ1) is 7.06. The molecule has 2 unspecified atom stereocenters. The number of likely N-dealkylation sites (tertiary alicyclic amines) is 1. The van der Waals surface area contributed by atoms with E-state index in [0.29, 0.717) is 13.0 Å². The van der Waals surface area contributed by atoms with Crippen molar-refractivity contribution in [3.63, 3.8) is 0 Å². The molecule has 0 radical (unpaired) electrons. The number of quaternary nitrogens is 1. The second-order valence-corrected chi connectivity index (χ2v) is 5.05. The van der Waals surface area contributed by atoms with E-state index in [9.17, 15) is 4.79 Å². The minimum atomic E-state index is -0.0462. The van der Waals surface area contributed by atoms with Gasteiger partial charge in [-0.3, -0.25) is 4.79 Å². The number of esters is 1. The van der Waals surface area contributed by atoms with Crippen molar-refractivity contribution in [3.8, 4) is 0 Å². The monoisotopic (exact) mass is 214 g/mol. The van der Waals surface area contributed by atoms with E-state index in [0.717, 1.165) is 16.9 Å². The van der Waals surface area contributed by atoms with Gasteiger partial charge < -0.3 is 9.22 Å². The van der Waals surface area contributed by atoms with E-state index < -0.39 is 0 Å². The first-order valence-electron chi connectivity index (χ1n) is 6.05. The Morgan fingerprint density at radius 2 is 2.27 bits per heavy atom. The molecule has 1 aliphatic heterocycles. The van der Waals surface area contributed by atoms with Crippen LogP contribution in [-0.4, -0.2) is 43.7 Å². The van der Waals surface area contributed by atoms with Gasteiger partial charge >= 0.3 is 5.97 Å². The van der Waals surface area contributed by atoms with Crippen LogP contribution in [0.3, 0.4) is 0 Å². The highest BCUT2D eigenvalue weighted by atomic mass is 16.5. The maximum absolute atomic E-state index is 11.3. The summed E-state index contributed by atoms with van der Waals surface area (Å²) in [4.78, 5) is 11.3. The topological polar surface area (TPSA) is 26.3 Å². The fraction of sp³-hybridized carbons (Fsp3) is 0.917. The van der Waals surface area contributed by atoms with Gasteiger partial charge in [0.05, 0.1) is 39.7 Å². The van der Waals surface area contributed by atoms with Crippen molar-refractivity contribution in [2.75, 3.05) is 33.3 Å². The van der Waals surface area contributed by atoms with Gasteiger partial charge in [-0.1, -0.05) is 6.92 Å². The number of carbonyl (C=O) groups is 1. The third-order valence-corrected chi connectivity index (χ3v) is 3.31. The van der Waals surface area contributed by atoms with Crippen molar-refractivity contribution in [1.82, 2.24) is 0 Å². The zero-order valence-corrected chi connectivity index (χ0v) is 10.3. The molecule has 0 aromatic heterocycles. The van der Waals surface area contributed by atoms with Crippen molar-refractivity contribution in [3.05, 3.63) is 0 Å². The number of rotatable bonds is 4. The Bertz CT molecular complexity index is 218. The van der Waals surface area contributed by atoms with E-state index in [1.54, 1.807) is 0 Å². The Hall–Kier alpha value is -0.570. The number of hydrogen-bond acceptors (Lipinski definition) is 2. The second kappa shape index (κ2) is 5.50. The van der Waals surface area contributed by atoms with E-state index in [1.807, 2.05) is 6.92 Å².